The molecule has 4 heteroatoms. The molecule has 0 spiro atoms. The molecule has 0 heterocycles. The van der Waals surface area contributed by atoms with E-state index in [0.29, 0.717) is 29.4 Å². The van der Waals surface area contributed by atoms with Crippen LogP contribution >= 0.6 is 0 Å². The van der Waals surface area contributed by atoms with Crippen LogP contribution < -0.4 is 9.47 Å². The number of hydrogen-bond donors (Lipinski definition) is 1. The molecule has 2 aromatic rings. The van der Waals surface area contributed by atoms with Crippen molar-refractivity contribution in [2.75, 3.05) is 6.61 Å². The van der Waals surface area contributed by atoms with Gasteiger partial charge in [-0.3, -0.25) is 0 Å². The molecule has 0 aliphatic carbocycles. The molecule has 0 aliphatic heterocycles. The lowest BCUT2D eigenvalue weighted by atomic mass is 10.0. The maximum Gasteiger partial charge on any atom is 0.336 e. The molecule has 0 saturated heterocycles. The van der Waals surface area contributed by atoms with E-state index in [1.807, 2.05) is 19.1 Å². The van der Waals surface area contributed by atoms with E-state index in [1.165, 1.54) is 0 Å². The number of hydrogen-bond acceptors (Lipinski definition) is 3. The van der Waals surface area contributed by atoms with Crippen molar-refractivity contribution in [1.82, 2.24) is 0 Å². The van der Waals surface area contributed by atoms with E-state index in [9.17, 15) is 9.90 Å². The quantitative estimate of drug-likeness (QED) is 0.805. The summed E-state index contributed by atoms with van der Waals surface area (Å²) in [5.41, 5.74) is 0.746. The number of aliphatic carboxylic acids is 1. The number of carbonyl (C=O) groups is 1. The zero-order chi connectivity index (χ0) is 15.9. The third-order valence-electron chi connectivity index (χ3n) is 3.04. The predicted octanol–water partition coefficient (Wildman–Crippen LogP) is 4.37. The van der Waals surface area contributed by atoms with E-state index < -0.39 is 5.97 Å². The van der Waals surface area contributed by atoms with Gasteiger partial charge in [0.15, 0.2) is 0 Å². The van der Waals surface area contributed by atoms with Crippen LogP contribution in [0.1, 0.15) is 19.4 Å². The molecule has 0 amide bonds. The van der Waals surface area contributed by atoms with Crippen molar-refractivity contribution in [3.05, 3.63) is 60.2 Å². The fraction of sp³-hybridized carbons (Fsp3) is 0.167. The molecule has 0 saturated carbocycles. The monoisotopic (exact) mass is 298 g/mol. The zero-order valence-corrected chi connectivity index (χ0v) is 12.6. The van der Waals surface area contributed by atoms with Gasteiger partial charge in [-0.2, -0.15) is 0 Å². The highest BCUT2D eigenvalue weighted by atomic mass is 16.5. The molecular formula is C18H18O4. The molecule has 0 radical (unpaired) electrons. The Hall–Kier alpha value is -2.75. The summed E-state index contributed by atoms with van der Waals surface area (Å²) in [7, 11) is 0. The Morgan fingerprint density at radius 3 is 2.55 bits per heavy atom. The second kappa shape index (κ2) is 7.31. The van der Waals surface area contributed by atoms with Crippen LogP contribution in [0.25, 0.3) is 5.57 Å². The van der Waals surface area contributed by atoms with Gasteiger partial charge in [-0.25, -0.2) is 4.79 Å². The topological polar surface area (TPSA) is 55.8 Å². The number of allylic oxidation sites excluding steroid dienone is 1. The Bertz CT molecular complexity index is 689. The van der Waals surface area contributed by atoms with Gasteiger partial charge in [0.25, 0.3) is 0 Å². The van der Waals surface area contributed by atoms with Crippen LogP contribution in [0, 0.1) is 0 Å². The maximum atomic E-state index is 11.3. The van der Waals surface area contributed by atoms with Crippen LogP contribution in [-0.4, -0.2) is 17.7 Å². The average molecular weight is 298 g/mol. The maximum absolute atomic E-state index is 11.3. The lowest BCUT2D eigenvalue weighted by Gasteiger charge is -2.12. The molecule has 2 rings (SSSR count). The average Bonchev–Trinajstić information content (AvgIpc) is 2.50. The molecule has 22 heavy (non-hydrogen) atoms. The first kappa shape index (κ1) is 15.6. The summed E-state index contributed by atoms with van der Waals surface area (Å²) < 4.78 is 11.3. The molecule has 0 atom stereocenters. The summed E-state index contributed by atoms with van der Waals surface area (Å²) in [6.07, 6.45) is 1.56. The van der Waals surface area contributed by atoms with E-state index in [0.717, 1.165) is 0 Å². The SMILES string of the molecule is C/C=C(/C(=O)O)c1ccccc1Oc1cccc(OCC)c1. The largest absolute Gasteiger partial charge is 0.494 e. The third-order valence-corrected chi connectivity index (χ3v) is 3.04. The van der Waals surface area contributed by atoms with Gasteiger partial charge in [0.05, 0.1) is 12.2 Å². The first-order valence-electron chi connectivity index (χ1n) is 7.05. The van der Waals surface area contributed by atoms with E-state index in [4.69, 9.17) is 9.47 Å². The summed E-state index contributed by atoms with van der Waals surface area (Å²) in [5.74, 6) is 0.814. The van der Waals surface area contributed by atoms with Gasteiger partial charge < -0.3 is 14.6 Å². The van der Waals surface area contributed by atoms with Crippen molar-refractivity contribution >= 4 is 11.5 Å². The van der Waals surface area contributed by atoms with Gasteiger partial charge in [0, 0.05) is 11.6 Å². The predicted molar refractivity (Wildman–Crippen MR) is 85.4 cm³/mol. The number of ether oxygens (including phenoxy) is 2. The number of carboxylic acid groups (broad SMARTS) is 1. The highest BCUT2D eigenvalue weighted by Crippen LogP contribution is 2.31. The Morgan fingerprint density at radius 2 is 1.86 bits per heavy atom. The van der Waals surface area contributed by atoms with Crippen molar-refractivity contribution in [2.24, 2.45) is 0 Å². The summed E-state index contributed by atoms with van der Waals surface area (Å²) in [6.45, 7) is 4.17. The molecule has 0 aromatic heterocycles. The summed E-state index contributed by atoms with van der Waals surface area (Å²) >= 11 is 0. The lowest BCUT2D eigenvalue weighted by molar-refractivity contribution is -0.130. The Labute approximate surface area is 129 Å². The molecule has 0 bridgehead atoms. The second-order valence-electron chi connectivity index (χ2n) is 4.51. The van der Waals surface area contributed by atoms with Crippen molar-refractivity contribution in [3.63, 3.8) is 0 Å². The Kier molecular flexibility index (Phi) is 5.20. The first-order chi connectivity index (χ1) is 10.7. The molecule has 114 valence electrons. The van der Waals surface area contributed by atoms with E-state index in [-0.39, 0.29) is 5.57 Å². The van der Waals surface area contributed by atoms with Crippen molar-refractivity contribution in [3.8, 4) is 17.2 Å². The van der Waals surface area contributed by atoms with Crippen molar-refractivity contribution < 1.29 is 19.4 Å². The van der Waals surface area contributed by atoms with Crippen molar-refractivity contribution in [1.29, 1.82) is 0 Å². The molecule has 4 nitrogen and oxygen atoms in total. The smallest absolute Gasteiger partial charge is 0.336 e. The number of carboxylic acids is 1. The van der Waals surface area contributed by atoms with Crippen LogP contribution in [-0.2, 0) is 4.79 Å². The van der Waals surface area contributed by atoms with Gasteiger partial charge in [0.1, 0.15) is 17.2 Å². The molecule has 2 aromatic carbocycles. The third kappa shape index (κ3) is 3.67. The van der Waals surface area contributed by atoms with Crippen LogP contribution in [0.15, 0.2) is 54.6 Å². The first-order valence-corrected chi connectivity index (χ1v) is 7.05. The second-order valence-corrected chi connectivity index (χ2v) is 4.51. The fourth-order valence-electron chi connectivity index (χ4n) is 2.09. The molecule has 0 aliphatic rings. The van der Waals surface area contributed by atoms with Crippen LogP contribution in [0.3, 0.4) is 0 Å². The zero-order valence-electron chi connectivity index (χ0n) is 12.6. The Balaban J connectivity index is 2.34. The highest BCUT2D eigenvalue weighted by molar-refractivity contribution is 6.16. The minimum absolute atomic E-state index is 0.205. The fourth-order valence-corrected chi connectivity index (χ4v) is 2.09. The summed E-state index contributed by atoms with van der Waals surface area (Å²) in [6, 6.07) is 14.3. The molecular weight excluding hydrogens is 280 g/mol. The lowest BCUT2D eigenvalue weighted by Crippen LogP contribution is -2.01. The van der Waals surface area contributed by atoms with Crippen LogP contribution in [0.2, 0.25) is 0 Å². The number of para-hydroxylation sites is 1. The van der Waals surface area contributed by atoms with E-state index in [1.54, 1.807) is 49.4 Å². The van der Waals surface area contributed by atoms with Gasteiger partial charge in [-0.1, -0.05) is 30.3 Å². The standard InChI is InChI=1S/C18H18O4/c1-3-15(18(19)20)16-10-5-6-11-17(16)22-14-9-7-8-13(12-14)21-4-2/h3,5-12H,4H2,1-2H3,(H,19,20)/b15-3+. The van der Waals surface area contributed by atoms with Crippen LogP contribution in [0.5, 0.6) is 17.2 Å². The summed E-state index contributed by atoms with van der Waals surface area (Å²) in [4.78, 5) is 11.3. The molecule has 1 N–H and O–H groups in total. The highest BCUT2D eigenvalue weighted by Gasteiger charge is 2.14. The summed E-state index contributed by atoms with van der Waals surface area (Å²) in [5, 5.41) is 9.29. The van der Waals surface area contributed by atoms with Gasteiger partial charge in [0.2, 0.25) is 0 Å². The van der Waals surface area contributed by atoms with E-state index >= 15 is 0 Å². The van der Waals surface area contributed by atoms with Crippen molar-refractivity contribution in [2.45, 2.75) is 13.8 Å². The number of benzene rings is 2. The molecule has 0 unspecified atom stereocenters. The van der Waals surface area contributed by atoms with Gasteiger partial charge >= 0.3 is 5.97 Å². The number of rotatable bonds is 6. The van der Waals surface area contributed by atoms with Crippen LogP contribution in [0.4, 0.5) is 0 Å². The van der Waals surface area contributed by atoms with E-state index in [2.05, 4.69) is 0 Å². The van der Waals surface area contributed by atoms with Gasteiger partial charge in [-0.15, -0.1) is 0 Å². The molecule has 0 fully saturated rings. The Morgan fingerprint density at radius 1 is 1.14 bits per heavy atom. The minimum atomic E-state index is -0.985. The minimum Gasteiger partial charge on any atom is -0.494 e. The normalized spacial score (nSPS) is 11.1. The van der Waals surface area contributed by atoms with Gasteiger partial charge in [-0.05, 0) is 32.0 Å².